The Bertz CT molecular complexity index is 1130. The van der Waals surface area contributed by atoms with E-state index in [0.717, 1.165) is 11.0 Å². The van der Waals surface area contributed by atoms with Crippen LogP contribution in [-0.4, -0.2) is 32.3 Å². The van der Waals surface area contributed by atoms with E-state index in [1.807, 2.05) is 24.3 Å². The Balaban J connectivity index is 1.32. The lowest BCUT2D eigenvalue weighted by molar-refractivity contribution is 0.103. The maximum absolute atomic E-state index is 12.7. The van der Waals surface area contributed by atoms with Crippen LogP contribution in [0.3, 0.4) is 0 Å². The number of imidazole rings is 1. The number of benzene rings is 2. The van der Waals surface area contributed by atoms with Crippen LogP contribution in [0.5, 0.6) is 17.5 Å². The van der Waals surface area contributed by atoms with Crippen LogP contribution in [0.4, 0.5) is 0 Å². The third kappa shape index (κ3) is 3.80. The van der Waals surface area contributed by atoms with E-state index in [-0.39, 0.29) is 5.78 Å². The number of ketones is 1. The molecule has 1 N–H and O–H groups in total. The topological polar surface area (TPSA) is 90.0 Å². The summed E-state index contributed by atoms with van der Waals surface area (Å²) in [4.78, 5) is 28.5. The van der Waals surface area contributed by atoms with Gasteiger partial charge in [0.15, 0.2) is 5.82 Å². The van der Waals surface area contributed by atoms with E-state index in [4.69, 9.17) is 9.47 Å². The van der Waals surface area contributed by atoms with Crippen LogP contribution in [0.25, 0.3) is 11.0 Å². The first-order chi connectivity index (χ1) is 14.3. The molecule has 2 heterocycles. The van der Waals surface area contributed by atoms with Gasteiger partial charge in [-0.1, -0.05) is 12.1 Å². The van der Waals surface area contributed by atoms with Gasteiger partial charge in [0, 0.05) is 18.0 Å². The number of para-hydroxylation sites is 2. The zero-order valence-electron chi connectivity index (χ0n) is 15.5. The number of rotatable bonds is 7. The molecular formula is C22H18N4O3. The molecule has 7 nitrogen and oxygen atoms in total. The van der Waals surface area contributed by atoms with E-state index in [0.29, 0.717) is 41.4 Å². The number of carbonyl (C=O) groups is 1. The number of nitrogens with one attached hydrogen (secondary N) is 1. The molecule has 1 aliphatic carbocycles. The number of hydrogen-bond donors (Lipinski definition) is 1. The molecule has 29 heavy (non-hydrogen) atoms. The standard InChI is InChI=1S/C22H18N4O3/c27-19(20-25-17-3-1-2-4-18(17)26-20)15-7-9-16(10-8-15)29-22-21(23-11-12-24-22)28-13-14-5-6-14/h1-4,7-12,14H,5-6,13H2,(H,25,26). The van der Waals surface area contributed by atoms with Gasteiger partial charge in [-0.25, -0.2) is 15.0 Å². The summed E-state index contributed by atoms with van der Waals surface area (Å²) < 4.78 is 11.5. The Kier molecular flexibility index (Phi) is 4.40. The average molecular weight is 386 g/mol. The molecule has 0 spiro atoms. The summed E-state index contributed by atoms with van der Waals surface area (Å²) in [5, 5.41) is 0. The summed E-state index contributed by atoms with van der Waals surface area (Å²) in [6, 6.07) is 14.4. The highest BCUT2D eigenvalue weighted by molar-refractivity contribution is 6.08. The summed E-state index contributed by atoms with van der Waals surface area (Å²) >= 11 is 0. The molecule has 0 saturated heterocycles. The van der Waals surface area contributed by atoms with E-state index in [2.05, 4.69) is 19.9 Å². The number of carbonyl (C=O) groups excluding carboxylic acids is 1. The third-order valence-electron chi connectivity index (χ3n) is 4.72. The molecule has 5 rings (SSSR count). The zero-order valence-corrected chi connectivity index (χ0v) is 15.5. The van der Waals surface area contributed by atoms with Crippen molar-refractivity contribution < 1.29 is 14.3 Å². The lowest BCUT2D eigenvalue weighted by atomic mass is 10.1. The van der Waals surface area contributed by atoms with Crippen LogP contribution in [0.15, 0.2) is 60.9 Å². The fourth-order valence-corrected chi connectivity index (χ4v) is 2.95. The molecule has 4 aromatic rings. The molecule has 0 atom stereocenters. The Labute approximate surface area is 166 Å². The van der Waals surface area contributed by atoms with Crippen molar-refractivity contribution >= 4 is 16.8 Å². The minimum atomic E-state index is -0.180. The molecule has 144 valence electrons. The fourth-order valence-electron chi connectivity index (χ4n) is 2.95. The predicted octanol–water partition coefficient (Wildman–Crippen LogP) is 4.17. The van der Waals surface area contributed by atoms with E-state index in [9.17, 15) is 4.79 Å². The third-order valence-corrected chi connectivity index (χ3v) is 4.72. The smallest absolute Gasteiger partial charge is 0.283 e. The van der Waals surface area contributed by atoms with Gasteiger partial charge in [0.05, 0.1) is 17.6 Å². The highest BCUT2D eigenvalue weighted by Gasteiger charge is 2.23. The Hall–Kier alpha value is -3.74. The number of ether oxygens (including phenoxy) is 2. The molecule has 0 bridgehead atoms. The minimum Gasteiger partial charge on any atom is -0.474 e. The number of aromatic amines is 1. The molecule has 0 aliphatic heterocycles. The highest BCUT2D eigenvalue weighted by Crippen LogP contribution is 2.32. The predicted molar refractivity (Wildman–Crippen MR) is 106 cm³/mol. The van der Waals surface area contributed by atoms with Crippen molar-refractivity contribution in [2.45, 2.75) is 12.8 Å². The molecule has 1 aliphatic rings. The van der Waals surface area contributed by atoms with Crippen molar-refractivity contribution in [1.29, 1.82) is 0 Å². The number of aromatic nitrogens is 4. The van der Waals surface area contributed by atoms with Crippen molar-refractivity contribution in [2.24, 2.45) is 5.92 Å². The molecule has 2 aromatic carbocycles. The van der Waals surface area contributed by atoms with Gasteiger partial charge < -0.3 is 14.5 Å². The van der Waals surface area contributed by atoms with Crippen LogP contribution < -0.4 is 9.47 Å². The fraction of sp³-hybridized carbons (Fsp3) is 0.182. The van der Waals surface area contributed by atoms with Crippen molar-refractivity contribution in [3.05, 3.63) is 72.3 Å². The van der Waals surface area contributed by atoms with Gasteiger partial charge in [0.1, 0.15) is 5.75 Å². The van der Waals surface area contributed by atoms with Crippen LogP contribution >= 0.6 is 0 Å². The van der Waals surface area contributed by atoms with Crippen molar-refractivity contribution in [2.75, 3.05) is 6.61 Å². The molecule has 0 amide bonds. The van der Waals surface area contributed by atoms with E-state index < -0.39 is 0 Å². The van der Waals surface area contributed by atoms with Crippen molar-refractivity contribution in [3.63, 3.8) is 0 Å². The molecular weight excluding hydrogens is 368 g/mol. The average Bonchev–Trinajstić information content (AvgIpc) is 3.49. The first kappa shape index (κ1) is 17.4. The maximum atomic E-state index is 12.7. The monoisotopic (exact) mass is 386 g/mol. The minimum absolute atomic E-state index is 0.180. The van der Waals surface area contributed by atoms with E-state index >= 15 is 0 Å². The van der Waals surface area contributed by atoms with Gasteiger partial charge >= 0.3 is 0 Å². The summed E-state index contributed by atoms with van der Waals surface area (Å²) in [6.07, 6.45) is 5.51. The molecule has 7 heteroatoms. The second-order valence-corrected chi connectivity index (χ2v) is 6.98. The number of nitrogens with zero attached hydrogens (tertiary/aromatic N) is 3. The SMILES string of the molecule is O=C(c1ccc(Oc2nccnc2OCC2CC2)cc1)c1nc2ccccc2[nH]1. The van der Waals surface area contributed by atoms with Gasteiger partial charge in [-0.15, -0.1) is 0 Å². The first-order valence-corrected chi connectivity index (χ1v) is 9.47. The van der Waals surface area contributed by atoms with Crippen molar-refractivity contribution in [1.82, 2.24) is 19.9 Å². The van der Waals surface area contributed by atoms with Gasteiger partial charge in [0.25, 0.3) is 11.8 Å². The second-order valence-electron chi connectivity index (χ2n) is 6.98. The Morgan fingerprint density at radius 1 is 1.00 bits per heavy atom. The van der Waals surface area contributed by atoms with Gasteiger partial charge in [-0.3, -0.25) is 4.79 Å². The summed E-state index contributed by atoms with van der Waals surface area (Å²) in [5.74, 6) is 1.97. The Morgan fingerprint density at radius 3 is 2.52 bits per heavy atom. The van der Waals surface area contributed by atoms with Crippen LogP contribution in [0.2, 0.25) is 0 Å². The van der Waals surface area contributed by atoms with E-state index in [1.165, 1.54) is 12.8 Å². The van der Waals surface area contributed by atoms with Crippen LogP contribution in [0.1, 0.15) is 29.0 Å². The Morgan fingerprint density at radius 2 is 1.76 bits per heavy atom. The van der Waals surface area contributed by atoms with Gasteiger partial charge in [-0.2, -0.15) is 0 Å². The molecule has 0 radical (unpaired) electrons. The summed E-state index contributed by atoms with van der Waals surface area (Å²) in [7, 11) is 0. The van der Waals surface area contributed by atoms with Gasteiger partial charge in [0.2, 0.25) is 5.78 Å². The lowest BCUT2D eigenvalue weighted by Gasteiger charge is -2.10. The molecule has 1 fully saturated rings. The largest absolute Gasteiger partial charge is 0.474 e. The lowest BCUT2D eigenvalue weighted by Crippen LogP contribution is -2.04. The summed E-state index contributed by atoms with van der Waals surface area (Å²) in [6.45, 7) is 0.625. The number of hydrogen-bond acceptors (Lipinski definition) is 6. The first-order valence-electron chi connectivity index (χ1n) is 9.47. The number of fused-ring (bicyclic) bond motifs is 1. The van der Waals surface area contributed by atoms with Crippen molar-refractivity contribution in [3.8, 4) is 17.5 Å². The maximum Gasteiger partial charge on any atom is 0.283 e. The normalized spacial score (nSPS) is 13.4. The van der Waals surface area contributed by atoms with Crippen LogP contribution in [0, 0.1) is 5.92 Å². The highest BCUT2D eigenvalue weighted by atomic mass is 16.5. The van der Waals surface area contributed by atoms with Crippen LogP contribution in [-0.2, 0) is 0 Å². The van der Waals surface area contributed by atoms with Gasteiger partial charge in [-0.05, 0) is 55.2 Å². The van der Waals surface area contributed by atoms with E-state index in [1.54, 1.807) is 36.7 Å². The number of H-pyrrole nitrogens is 1. The molecule has 1 saturated carbocycles. The second kappa shape index (κ2) is 7.35. The quantitative estimate of drug-likeness (QED) is 0.480. The zero-order chi connectivity index (χ0) is 19.6. The summed E-state index contributed by atoms with van der Waals surface area (Å²) in [5.41, 5.74) is 2.11. The molecule has 0 unspecified atom stereocenters. The molecule has 2 aromatic heterocycles.